The number of phenols is 1. The highest BCUT2D eigenvalue weighted by atomic mass is 16.5. The largest absolute Gasteiger partial charge is 0.506 e. The van der Waals surface area contributed by atoms with Crippen LogP contribution in [-0.4, -0.2) is 75.6 Å². The molecule has 1 aromatic heterocycles. The molecule has 2 bridgehead atoms. The van der Waals surface area contributed by atoms with Crippen molar-refractivity contribution in [2.24, 2.45) is 5.92 Å². The number of piperidine rings is 3. The summed E-state index contributed by atoms with van der Waals surface area (Å²) in [5, 5.41) is 37.4. The van der Waals surface area contributed by atoms with Crippen LogP contribution in [0.4, 0.5) is 16.2 Å². The Kier molecular flexibility index (Phi) is 10.3. The highest BCUT2D eigenvalue weighted by molar-refractivity contribution is 5.97. The molecule has 5 heterocycles. The predicted octanol–water partition coefficient (Wildman–Crippen LogP) is 5.72. The smallest absolute Gasteiger partial charge is 0.419 e. The number of unbranched alkanes of at least 4 members (excludes halogenated alkanes) is 1. The summed E-state index contributed by atoms with van der Waals surface area (Å²) in [5.74, 6) is -0.355. The minimum atomic E-state index is -0.971. The topological polar surface area (TPSA) is 170 Å². The van der Waals surface area contributed by atoms with Crippen LogP contribution in [0.1, 0.15) is 48.5 Å². The lowest BCUT2D eigenvalue weighted by Gasteiger charge is -2.48. The first-order valence-corrected chi connectivity index (χ1v) is 19.0. The van der Waals surface area contributed by atoms with Gasteiger partial charge in [-0.15, -0.1) is 0 Å². The van der Waals surface area contributed by atoms with Crippen molar-refractivity contribution in [3.63, 3.8) is 0 Å². The minimum absolute atomic E-state index is 0.0838. The number of hydrogen-bond donors (Lipinski definition) is 5. The van der Waals surface area contributed by atoms with Crippen LogP contribution >= 0.6 is 0 Å². The van der Waals surface area contributed by atoms with Gasteiger partial charge in [-0.1, -0.05) is 48.5 Å². The molecule has 13 heteroatoms. The van der Waals surface area contributed by atoms with E-state index in [1.165, 1.54) is 6.07 Å². The Morgan fingerprint density at radius 3 is 2.55 bits per heavy atom. The molecule has 9 rings (SSSR count). The van der Waals surface area contributed by atoms with Crippen LogP contribution in [0.5, 0.6) is 11.5 Å². The van der Waals surface area contributed by atoms with Gasteiger partial charge in [0.1, 0.15) is 11.4 Å². The summed E-state index contributed by atoms with van der Waals surface area (Å²) in [5.41, 5.74) is 6.30. The van der Waals surface area contributed by atoms with Crippen molar-refractivity contribution in [2.45, 2.75) is 57.3 Å². The van der Waals surface area contributed by atoms with Gasteiger partial charge >= 0.3 is 11.8 Å². The number of oxazole rings is 1. The number of fused-ring (bicyclic) bond motifs is 5. The maximum atomic E-state index is 12.9. The Balaban J connectivity index is 0.907. The first-order valence-electron chi connectivity index (χ1n) is 19.0. The fraction of sp³-hybridized carbons (Fsp3) is 0.357. The lowest BCUT2D eigenvalue weighted by Crippen LogP contribution is -2.59. The Morgan fingerprint density at radius 1 is 0.982 bits per heavy atom. The third kappa shape index (κ3) is 7.55. The summed E-state index contributed by atoms with van der Waals surface area (Å²) >= 11 is 0. The number of phenolic OH excluding ortho intramolecular Hbond substituents is 1. The molecule has 5 N–H and O–H groups in total. The van der Waals surface area contributed by atoms with Gasteiger partial charge in [-0.2, -0.15) is 0 Å². The fourth-order valence-corrected chi connectivity index (χ4v) is 8.38. The first kappa shape index (κ1) is 36.4. The zero-order chi connectivity index (χ0) is 38.1. The summed E-state index contributed by atoms with van der Waals surface area (Å²) in [4.78, 5) is 41.6. The second kappa shape index (κ2) is 15.6. The number of rotatable bonds is 13. The summed E-state index contributed by atoms with van der Waals surface area (Å²) < 4.78 is 12.8. The zero-order valence-electron chi connectivity index (χ0n) is 30.4. The Hall–Kier alpha value is -5.63. The second-order valence-electron chi connectivity index (χ2n) is 14.7. The molecule has 3 saturated heterocycles. The van der Waals surface area contributed by atoms with Crippen LogP contribution in [-0.2, 0) is 24.3 Å². The maximum absolute atomic E-state index is 12.9. The average Bonchev–Trinajstić information content (AvgIpc) is 3.51. The zero-order valence-corrected chi connectivity index (χ0v) is 30.4. The van der Waals surface area contributed by atoms with E-state index in [0.29, 0.717) is 35.7 Å². The number of aliphatic hydroxyl groups is 1. The molecule has 2 atom stereocenters. The van der Waals surface area contributed by atoms with Gasteiger partial charge in [-0.3, -0.25) is 14.3 Å². The number of benzene rings is 4. The highest BCUT2D eigenvalue weighted by Gasteiger charge is 2.41. The number of nitrogens with one attached hydrogen (secondary N) is 2. The summed E-state index contributed by atoms with van der Waals surface area (Å²) in [6.07, 6.45) is 2.39. The molecule has 3 fully saturated rings. The van der Waals surface area contributed by atoms with Crippen molar-refractivity contribution in [3.8, 4) is 22.6 Å². The van der Waals surface area contributed by atoms with E-state index in [1.807, 2.05) is 60.7 Å². The number of aliphatic hydroxyl groups excluding tert-OH is 1. The number of carbonyl (C=O) groups excluding carboxylic acids is 1. The number of nitrogens with zero attached hydrogens (tertiary/aromatic N) is 3. The van der Waals surface area contributed by atoms with Gasteiger partial charge in [0.2, 0.25) is 0 Å². The molecule has 5 aromatic rings. The normalized spacial score (nSPS) is 19.4. The summed E-state index contributed by atoms with van der Waals surface area (Å²) in [6.45, 7) is 3.65. The van der Waals surface area contributed by atoms with Crippen molar-refractivity contribution < 1.29 is 34.1 Å². The Labute approximate surface area is 317 Å². The molecule has 2 amide bonds. The van der Waals surface area contributed by atoms with E-state index < -0.39 is 18.0 Å². The van der Waals surface area contributed by atoms with E-state index in [4.69, 9.17) is 9.15 Å². The second-order valence-corrected chi connectivity index (χ2v) is 14.7. The lowest BCUT2D eigenvalue weighted by atomic mass is 9.82. The van der Waals surface area contributed by atoms with Crippen molar-refractivity contribution in [1.82, 2.24) is 14.8 Å². The number of aromatic nitrogens is 1. The molecular weight excluding hydrogens is 702 g/mol. The number of aryl methyl sites for hydroxylation is 2. The van der Waals surface area contributed by atoms with E-state index >= 15 is 0 Å². The first-order chi connectivity index (χ1) is 26.7. The number of carbonyl (C=O) groups is 2. The van der Waals surface area contributed by atoms with Crippen molar-refractivity contribution in [2.75, 3.05) is 43.0 Å². The average molecular weight is 748 g/mol. The van der Waals surface area contributed by atoms with Gasteiger partial charge in [0.25, 0.3) is 5.91 Å². The molecule has 0 unspecified atom stereocenters. The van der Waals surface area contributed by atoms with Gasteiger partial charge < -0.3 is 40.0 Å². The number of ether oxygens (including phenoxy) is 1. The van der Waals surface area contributed by atoms with Crippen LogP contribution in [0.2, 0.25) is 0 Å². The molecule has 13 nitrogen and oxygen atoms in total. The highest BCUT2D eigenvalue weighted by Crippen LogP contribution is 2.42. The third-order valence-corrected chi connectivity index (χ3v) is 11.2. The Bertz CT molecular complexity index is 2260. The molecule has 0 radical (unpaired) electrons. The number of carboxylic acid groups (broad SMARTS) is 1. The molecule has 4 aromatic carbocycles. The quantitative estimate of drug-likeness (QED) is 0.0742. The number of amides is 2. The monoisotopic (exact) mass is 747 g/mol. The molecule has 55 heavy (non-hydrogen) atoms. The number of hydrogen-bond acceptors (Lipinski definition) is 9. The maximum Gasteiger partial charge on any atom is 0.419 e. The van der Waals surface area contributed by atoms with E-state index in [2.05, 4.69) is 21.6 Å². The van der Waals surface area contributed by atoms with Crippen molar-refractivity contribution in [1.29, 1.82) is 0 Å². The standard InChI is InChI=1S/C42H45N5O8/c48-35-14-12-31(40-39(35)44-38(50)25-54-40)36(49)23-43-22-27-10-13-32-37(21-27)55-42(53)46(32)17-5-4-6-26-9-11-30(28-7-2-1-3-8-28)33(20-26)47(41(51)52)34-24-45-18-15-29(34)16-19-45/h1-3,7-14,20-21,29,34,36,43,48-49H,4-6,15-19,22-25H2,(H,44,50)(H,51,52)/t34-,36+/m0/s1. The molecule has 286 valence electrons. The predicted molar refractivity (Wildman–Crippen MR) is 208 cm³/mol. The number of aromatic hydroxyl groups is 1. The molecule has 4 aliphatic heterocycles. The van der Waals surface area contributed by atoms with E-state index in [1.54, 1.807) is 15.5 Å². The van der Waals surface area contributed by atoms with E-state index in [-0.39, 0.29) is 42.3 Å². The van der Waals surface area contributed by atoms with Crippen molar-refractivity contribution >= 4 is 34.5 Å². The van der Waals surface area contributed by atoms with Crippen molar-refractivity contribution in [3.05, 3.63) is 106 Å². The van der Waals surface area contributed by atoms with Gasteiger partial charge in [-0.25, -0.2) is 9.59 Å². The summed E-state index contributed by atoms with van der Waals surface area (Å²) in [7, 11) is 0. The van der Waals surface area contributed by atoms with Gasteiger partial charge in [0, 0.05) is 37.3 Å². The number of anilines is 2. The van der Waals surface area contributed by atoms with Crippen LogP contribution in [0.25, 0.3) is 22.2 Å². The van der Waals surface area contributed by atoms with Crippen LogP contribution < -0.4 is 26.0 Å². The SMILES string of the molecule is O=C1COc2c([C@H](O)CNCc3ccc4c(c3)oc(=O)n4CCCCc3ccc(-c4ccccc4)c(N(C(=O)O)[C@H]4CN5CCC4CC5)c3)ccc(O)c2N1. The van der Waals surface area contributed by atoms with E-state index in [0.717, 1.165) is 79.7 Å². The minimum Gasteiger partial charge on any atom is -0.506 e. The van der Waals surface area contributed by atoms with Crippen LogP contribution in [0, 0.1) is 5.92 Å². The van der Waals surface area contributed by atoms with Crippen LogP contribution in [0.15, 0.2) is 88.1 Å². The van der Waals surface area contributed by atoms with Crippen LogP contribution in [0.3, 0.4) is 0 Å². The fourth-order valence-electron chi connectivity index (χ4n) is 8.38. The van der Waals surface area contributed by atoms with E-state index in [9.17, 15) is 29.7 Å². The third-order valence-electron chi connectivity index (χ3n) is 11.2. The van der Waals surface area contributed by atoms with Gasteiger partial charge in [0.05, 0.1) is 23.3 Å². The van der Waals surface area contributed by atoms with Gasteiger partial charge in [-0.05, 0) is 98.1 Å². The Morgan fingerprint density at radius 2 is 1.78 bits per heavy atom. The lowest BCUT2D eigenvalue weighted by molar-refractivity contribution is -0.118. The molecule has 0 spiro atoms. The molecule has 4 aliphatic rings. The molecular formula is C42H45N5O8. The summed E-state index contributed by atoms with van der Waals surface area (Å²) in [6, 6.07) is 24.6. The molecule has 0 saturated carbocycles. The van der Waals surface area contributed by atoms with Gasteiger partial charge in [0.15, 0.2) is 17.9 Å². The molecule has 0 aliphatic carbocycles.